The molecule has 1 aromatic heterocycles. The summed E-state index contributed by atoms with van der Waals surface area (Å²) in [6.07, 6.45) is 8.99. The van der Waals surface area contributed by atoms with Crippen molar-refractivity contribution in [1.82, 2.24) is 15.6 Å². The van der Waals surface area contributed by atoms with E-state index in [2.05, 4.69) is 22.5 Å². The van der Waals surface area contributed by atoms with Crippen molar-refractivity contribution in [3.63, 3.8) is 0 Å². The van der Waals surface area contributed by atoms with Gasteiger partial charge in [0.1, 0.15) is 6.10 Å². The van der Waals surface area contributed by atoms with E-state index in [0.29, 0.717) is 24.4 Å². The summed E-state index contributed by atoms with van der Waals surface area (Å²) in [7, 11) is 0. The third-order valence-electron chi connectivity index (χ3n) is 5.29. The molecule has 0 spiro atoms. The highest BCUT2D eigenvalue weighted by molar-refractivity contribution is 5.79. The van der Waals surface area contributed by atoms with Crippen molar-refractivity contribution in [2.75, 3.05) is 39.5 Å². The maximum Gasteiger partial charge on any atom is 0.213 e. The minimum atomic E-state index is 0.323. The fourth-order valence-electron chi connectivity index (χ4n) is 3.65. The van der Waals surface area contributed by atoms with Gasteiger partial charge in [-0.15, -0.1) is 0 Å². The van der Waals surface area contributed by atoms with Crippen molar-refractivity contribution < 1.29 is 14.2 Å². The van der Waals surface area contributed by atoms with Gasteiger partial charge in [0.05, 0.1) is 19.8 Å². The normalized spacial score (nSPS) is 20.2. The third kappa shape index (κ3) is 8.19. The van der Waals surface area contributed by atoms with Crippen LogP contribution in [0, 0.1) is 5.92 Å². The molecule has 1 atom stereocenters. The molecule has 1 aliphatic carbocycles. The summed E-state index contributed by atoms with van der Waals surface area (Å²) in [5.41, 5.74) is 1.10. The Morgan fingerprint density at radius 1 is 1.28 bits per heavy atom. The Kier molecular flexibility index (Phi) is 9.53. The van der Waals surface area contributed by atoms with Crippen LogP contribution in [-0.4, -0.2) is 56.6 Å². The number of hydrogen-bond acceptors (Lipinski definition) is 5. The Labute approximate surface area is 174 Å². The average molecular weight is 405 g/mol. The molecule has 29 heavy (non-hydrogen) atoms. The lowest BCUT2D eigenvalue weighted by Crippen LogP contribution is -2.38. The maximum atomic E-state index is 6.00. The molecule has 1 saturated carbocycles. The first-order chi connectivity index (χ1) is 14.3. The number of nitrogens with zero attached hydrogens (tertiary/aromatic N) is 2. The Morgan fingerprint density at radius 2 is 2.17 bits per heavy atom. The third-order valence-corrected chi connectivity index (χ3v) is 5.29. The van der Waals surface area contributed by atoms with E-state index >= 15 is 0 Å². The molecule has 0 amide bonds. The van der Waals surface area contributed by atoms with Crippen molar-refractivity contribution in [2.45, 2.75) is 58.1 Å². The van der Waals surface area contributed by atoms with Crippen molar-refractivity contribution >= 4 is 5.96 Å². The van der Waals surface area contributed by atoms with Crippen LogP contribution in [0.3, 0.4) is 0 Å². The van der Waals surface area contributed by atoms with Crippen LogP contribution < -0.4 is 15.4 Å². The van der Waals surface area contributed by atoms with E-state index in [-0.39, 0.29) is 0 Å². The molecule has 1 saturated heterocycles. The Hall–Kier alpha value is -1.86. The van der Waals surface area contributed by atoms with Gasteiger partial charge >= 0.3 is 0 Å². The van der Waals surface area contributed by atoms with Crippen molar-refractivity contribution in [1.29, 1.82) is 0 Å². The van der Waals surface area contributed by atoms with Gasteiger partial charge in [0, 0.05) is 44.5 Å². The van der Waals surface area contributed by atoms with E-state index in [1.165, 1.54) is 12.8 Å². The van der Waals surface area contributed by atoms with E-state index < -0.39 is 0 Å². The molecular formula is C22H36N4O3. The monoisotopic (exact) mass is 404 g/mol. The lowest BCUT2D eigenvalue weighted by molar-refractivity contribution is 0.0888. The smallest absolute Gasteiger partial charge is 0.213 e. The van der Waals surface area contributed by atoms with Crippen LogP contribution in [0.4, 0.5) is 0 Å². The molecule has 7 nitrogen and oxygen atoms in total. The van der Waals surface area contributed by atoms with Crippen LogP contribution in [-0.2, 0) is 16.0 Å². The van der Waals surface area contributed by atoms with Gasteiger partial charge in [-0.25, -0.2) is 9.98 Å². The van der Waals surface area contributed by atoms with Gasteiger partial charge in [-0.3, -0.25) is 0 Å². The summed E-state index contributed by atoms with van der Waals surface area (Å²) in [5.74, 6) is 2.11. The van der Waals surface area contributed by atoms with Crippen LogP contribution in [0.15, 0.2) is 23.3 Å². The van der Waals surface area contributed by atoms with E-state index in [1.807, 2.05) is 18.3 Å². The first-order valence-electron chi connectivity index (χ1n) is 11.1. The predicted octanol–water partition coefficient (Wildman–Crippen LogP) is 2.90. The van der Waals surface area contributed by atoms with Gasteiger partial charge in [-0.2, -0.15) is 0 Å². The summed E-state index contributed by atoms with van der Waals surface area (Å²) in [4.78, 5) is 9.04. The fourth-order valence-corrected chi connectivity index (χ4v) is 3.65. The van der Waals surface area contributed by atoms with Crippen LogP contribution >= 0.6 is 0 Å². The lowest BCUT2D eigenvalue weighted by Gasteiger charge is -2.13. The van der Waals surface area contributed by atoms with Crippen molar-refractivity contribution in [3.05, 3.63) is 23.9 Å². The summed E-state index contributed by atoms with van der Waals surface area (Å²) < 4.78 is 17.1. The first kappa shape index (κ1) is 21.8. The van der Waals surface area contributed by atoms with Gasteiger partial charge < -0.3 is 24.8 Å². The van der Waals surface area contributed by atoms with Gasteiger partial charge in [-0.1, -0.05) is 0 Å². The van der Waals surface area contributed by atoms with E-state index in [4.69, 9.17) is 19.2 Å². The largest absolute Gasteiger partial charge is 0.474 e. The molecular weight excluding hydrogens is 368 g/mol. The van der Waals surface area contributed by atoms with Crippen LogP contribution in [0.2, 0.25) is 0 Å². The highest BCUT2D eigenvalue weighted by atomic mass is 16.5. The van der Waals surface area contributed by atoms with Gasteiger partial charge in [0.2, 0.25) is 5.88 Å². The molecule has 7 heteroatoms. The zero-order chi connectivity index (χ0) is 20.2. The van der Waals surface area contributed by atoms with Gasteiger partial charge in [0.15, 0.2) is 5.96 Å². The van der Waals surface area contributed by atoms with Gasteiger partial charge in [-0.05, 0) is 57.1 Å². The lowest BCUT2D eigenvalue weighted by atomic mass is 10.1. The molecule has 0 aromatic carbocycles. The number of guanidine groups is 1. The van der Waals surface area contributed by atoms with Crippen LogP contribution in [0.5, 0.6) is 5.88 Å². The minimum Gasteiger partial charge on any atom is -0.474 e. The Balaban J connectivity index is 1.37. The molecule has 0 bridgehead atoms. The molecule has 3 rings (SSSR count). The zero-order valence-electron chi connectivity index (χ0n) is 17.7. The molecule has 1 aromatic rings. The molecule has 2 heterocycles. The molecule has 2 N–H and O–H groups in total. The van der Waals surface area contributed by atoms with Gasteiger partial charge in [0.25, 0.3) is 0 Å². The van der Waals surface area contributed by atoms with Crippen LogP contribution in [0.1, 0.15) is 51.0 Å². The Bertz CT molecular complexity index is 614. The van der Waals surface area contributed by atoms with E-state index in [0.717, 1.165) is 76.7 Å². The number of nitrogens with one attached hydrogen (secondary N) is 2. The number of aromatic nitrogens is 1. The molecule has 2 aliphatic rings. The first-order valence-corrected chi connectivity index (χ1v) is 11.1. The second kappa shape index (κ2) is 12.6. The van der Waals surface area contributed by atoms with E-state index in [9.17, 15) is 0 Å². The second-order valence-corrected chi connectivity index (χ2v) is 7.81. The molecule has 1 aliphatic heterocycles. The predicted molar refractivity (Wildman–Crippen MR) is 114 cm³/mol. The number of rotatable bonds is 11. The molecule has 0 radical (unpaired) electrons. The van der Waals surface area contributed by atoms with Crippen LogP contribution in [0.25, 0.3) is 0 Å². The summed E-state index contributed by atoms with van der Waals surface area (Å²) in [5, 5.41) is 6.68. The zero-order valence-corrected chi connectivity index (χ0v) is 17.7. The number of hydrogen-bond donors (Lipinski definition) is 2. The molecule has 162 valence electrons. The number of pyridine rings is 1. The fraction of sp³-hybridized carbons (Fsp3) is 0.727. The summed E-state index contributed by atoms with van der Waals surface area (Å²) in [6.45, 7) is 7.62. The second-order valence-electron chi connectivity index (χ2n) is 7.81. The molecule has 2 fully saturated rings. The highest BCUT2D eigenvalue weighted by Crippen LogP contribution is 2.23. The Morgan fingerprint density at radius 3 is 2.97 bits per heavy atom. The average Bonchev–Trinajstić information content (AvgIpc) is 3.43. The highest BCUT2D eigenvalue weighted by Gasteiger charge is 2.17. The van der Waals surface area contributed by atoms with Crippen molar-refractivity contribution in [3.8, 4) is 5.88 Å². The summed E-state index contributed by atoms with van der Waals surface area (Å²) in [6, 6.07) is 4.00. The standard InChI is InChI=1S/C22H36N4O3/c1-2-23-22(25-10-5-12-27-16-19-9-13-28-17-19)26-15-18-8-11-24-21(14-18)29-20-6-3-4-7-20/h8,11,14,19-20H,2-7,9-10,12-13,15-17H2,1H3,(H2,23,25,26). The minimum absolute atomic E-state index is 0.323. The summed E-state index contributed by atoms with van der Waals surface area (Å²) >= 11 is 0. The number of aliphatic imine (C=N–C) groups is 1. The SMILES string of the molecule is CCNC(=NCc1ccnc(OC2CCCC2)c1)NCCCOCC1CCOC1. The quantitative estimate of drug-likeness (QED) is 0.335. The maximum absolute atomic E-state index is 6.00. The van der Waals surface area contributed by atoms with Crippen molar-refractivity contribution in [2.24, 2.45) is 10.9 Å². The topological polar surface area (TPSA) is 77.0 Å². The van der Waals surface area contributed by atoms with E-state index in [1.54, 1.807) is 0 Å². The molecule has 1 unspecified atom stereocenters. The number of ether oxygens (including phenoxy) is 3.